The van der Waals surface area contributed by atoms with Crippen LogP contribution in [-0.4, -0.2) is 0 Å². The minimum Gasteiger partial charge on any atom is -0.455 e. The van der Waals surface area contributed by atoms with E-state index >= 15 is 0 Å². The molecule has 8 aromatic rings. The second-order valence-electron chi connectivity index (χ2n) is 13.1. The molecule has 1 unspecified atom stereocenters. The van der Waals surface area contributed by atoms with Crippen molar-refractivity contribution in [2.45, 2.75) is 6.42 Å². The van der Waals surface area contributed by atoms with Crippen LogP contribution < -0.4 is 4.90 Å². The Kier molecular flexibility index (Phi) is 6.57. The lowest BCUT2D eigenvalue weighted by Gasteiger charge is -2.33. The van der Waals surface area contributed by atoms with Crippen LogP contribution in [0.1, 0.15) is 6.42 Å². The SMILES string of the molecule is c1ccc(-c2ccc(N(C3=C4C=CC=CC4CC=C3)c3cccc4oc5c6ccccc6c(-c6cccc7ccccc67)cc5c34)cc2)cc#1. The lowest BCUT2D eigenvalue weighted by Crippen LogP contribution is -2.21. The summed E-state index contributed by atoms with van der Waals surface area (Å²) < 4.78 is 6.85. The van der Waals surface area contributed by atoms with E-state index in [0.717, 1.165) is 56.2 Å². The van der Waals surface area contributed by atoms with Crippen LogP contribution in [-0.2, 0) is 0 Å². The second-order valence-corrected chi connectivity index (χ2v) is 13.1. The Hall–Kier alpha value is -6.56. The van der Waals surface area contributed by atoms with Gasteiger partial charge in [0.05, 0.1) is 11.1 Å². The molecule has 2 heteroatoms. The van der Waals surface area contributed by atoms with E-state index in [-0.39, 0.29) is 0 Å². The zero-order valence-corrected chi connectivity index (χ0v) is 27.3. The molecule has 2 aliphatic rings. The first-order valence-electron chi connectivity index (χ1n) is 17.2. The van der Waals surface area contributed by atoms with Crippen molar-refractivity contribution in [1.82, 2.24) is 0 Å². The van der Waals surface area contributed by atoms with Crippen LogP contribution in [0.2, 0.25) is 0 Å². The number of rotatable bonds is 5. The zero-order chi connectivity index (χ0) is 33.0. The molecule has 234 valence electrons. The van der Waals surface area contributed by atoms with Crippen LogP contribution in [0.4, 0.5) is 11.4 Å². The van der Waals surface area contributed by atoms with E-state index in [9.17, 15) is 0 Å². The minimum atomic E-state index is 0.333. The molecule has 0 saturated carbocycles. The third kappa shape index (κ3) is 4.52. The summed E-state index contributed by atoms with van der Waals surface area (Å²) in [5, 5.41) is 6.98. The summed E-state index contributed by atoms with van der Waals surface area (Å²) in [5.41, 5.74) is 11.2. The van der Waals surface area contributed by atoms with E-state index in [1.165, 1.54) is 38.6 Å². The highest BCUT2D eigenvalue weighted by atomic mass is 16.3. The van der Waals surface area contributed by atoms with E-state index in [1.54, 1.807) is 0 Å². The largest absolute Gasteiger partial charge is 0.455 e. The highest BCUT2D eigenvalue weighted by Crippen LogP contribution is 2.47. The topological polar surface area (TPSA) is 16.4 Å². The Morgan fingerprint density at radius 1 is 0.640 bits per heavy atom. The van der Waals surface area contributed by atoms with Gasteiger partial charge in [-0.2, -0.15) is 0 Å². The highest BCUT2D eigenvalue weighted by Gasteiger charge is 2.27. The molecule has 2 aliphatic carbocycles. The maximum Gasteiger partial charge on any atom is 0.143 e. The lowest BCUT2D eigenvalue weighted by molar-refractivity contribution is 0.672. The first-order valence-corrected chi connectivity index (χ1v) is 17.2. The molecule has 0 N–H and O–H groups in total. The van der Waals surface area contributed by atoms with Crippen molar-refractivity contribution >= 4 is 54.9 Å². The van der Waals surface area contributed by atoms with Gasteiger partial charge in [0.25, 0.3) is 0 Å². The van der Waals surface area contributed by atoms with Gasteiger partial charge in [-0.1, -0.05) is 127 Å². The molecule has 0 bridgehead atoms. The fourth-order valence-corrected chi connectivity index (χ4v) is 7.93. The molecule has 50 heavy (non-hydrogen) atoms. The van der Waals surface area contributed by atoms with Crippen molar-refractivity contribution < 1.29 is 4.42 Å². The molecule has 1 aromatic heterocycles. The van der Waals surface area contributed by atoms with Crippen molar-refractivity contribution in [3.05, 3.63) is 193 Å². The molecule has 1 atom stereocenters. The maximum atomic E-state index is 6.85. The average molecular weight is 638 g/mol. The third-order valence-corrected chi connectivity index (χ3v) is 10.2. The van der Waals surface area contributed by atoms with Crippen LogP contribution in [0.3, 0.4) is 0 Å². The Balaban J connectivity index is 1.26. The number of hydrogen-bond donors (Lipinski definition) is 0. The summed E-state index contributed by atoms with van der Waals surface area (Å²) in [4.78, 5) is 2.43. The van der Waals surface area contributed by atoms with Gasteiger partial charge < -0.3 is 9.32 Å². The quantitative estimate of drug-likeness (QED) is 0.187. The van der Waals surface area contributed by atoms with Gasteiger partial charge >= 0.3 is 0 Å². The second kappa shape index (κ2) is 11.5. The molecule has 2 nitrogen and oxygen atoms in total. The van der Waals surface area contributed by atoms with Crippen LogP contribution in [0, 0.1) is 18.1 Å². The van der Waals surface area contributed by atoms with Gasteiger partial charge in [-0.15, -0.1) is 0 Å². The van der Waals surface area contributed by atoms with Crippen molar-refractivity contribution in [1.29, 1.82) is 0 Å². The van der Waals surface area contributed by atoms with E-state index in [0.29, 0.717) is 5.92 Å². The number of hydrogen-bond acceptors (Lipinski definition) is 2. The molecule has 7 aromatic carbocycles. The average Bonchev–Trinajstić information content (AvgIpc) is 3.58. The fraction of sp³-hybridized carbons (Fsp3) is 0.0417. The molecule has 0 radical (unpaired) electrons. The van der Waals surface area contributed by atoms with E-state index < -0.39 is 0 Å². The molecule has 0 fully saturated rings. The predicted octanol–water partition coefficient (Wildman–Crippen LogP) is 12.9. The first-order chi connectivity index (χ1) is 24.8. The monoisotopic (exact) mass is 637 g/mol. The summed E-state index contributed by atoms with van der Waals surface area (Å²) >= 11 is 0. The summed E-state index contributed by atoms with van der Waals surface area (Å²) in [6.45, 7) is 0. The smallest absolute Gasteiger partial charge is 0.143 e. The Morgan fingerprint density at radius 2 is 1.46 bits per heavy atom. The van der Waals surface area contributed by atoms with Crippen LogP contribution in [0.15, 0.2) is 186 Å². The molecular weight excluding hydrogens is 607 g/mol. The van der Waals surface area contributed by atoms with Gasteiger partial charge in [0.15, 0.2) is 0 Å². The summed E-state index contributed by atoms with van der Waals surface area (Å²) in [7, 11) is 0. The summed E-state index contributed by atoms with van der Waals surface area (Å²) in [5.74, 6) is 0.333. The minimum absolute atomic E-state index is 0.333. The number of nitrogens with zero attached hydrogens (tertiary/aromatic N) is 1. The van der Waals surface area contributed by atoms with Gasteiger partial charge in [0.1, 0.15) is 11.2 Å². The number of allylic oxidation sites excluding steroid dienone is 7. The Morgan fingerprint density at radius 3 is 2.34 bits per heavy atom. The lowest BCUT2D eigenvalue weighted by atomic mass is 9.85. The van der Waals surface area contributed by atoms with Crippen molar-refractivity contribution in [2.24, 2.45) is 5.92 Å². The standard InChI is InChI=1S/C48H31NO/c1-2-13-32(14-3-1)33-27-29-36(30-28-33)49(44-24-11-18-35-16-5-7-20-38(35)44)45-25-12-26-46-47(45)43-31-42(40-21-8-9-22-41(40)48(43)50-46)39-23-10-17-34-15-4-6-19-37(34)39/h2,4-17,19-31,35H,18H2. The maximum absolute atomic E-state index is 6.85. The van der Waals surface area contributed by atoms with Gasteiger partial charge in [-0.3, -0.25) is 0 Å². The highest BCUT2D eigenvalue weighted by molar-refractivity contribution is 6.23. The number of furan rings is 1. The van der Waals surface area contributed by atoms with Crippen molar-refractivity contribution in [3.8, 4) is 22.3 Å². The van der Waals surface area contributed by atoms with Crippen molar-refractivity contribution in [3.63, 3.8) is 0 Å². The first kappa shape index (κ1) is 28.5. The van der Waals surface area contributed by atoms with E-state index in [1.807, 2.05) is 12.1 Å². The molecule has 1 heterocycles. The van der Waals surface area contributed by atoms with E-state index in [2.05, 4.69) is 175 Å². The molecule has 10 rings (SSSR count). The number of fused-ring (bicyclic) bond motifs is 7. The van der Waals surface area contributed by atoms with Crippen LogP contribution >= 0.6 is 0 Å². The van der Waals surface area contributed by atoms with Crippen LogP contribution in [0.5, 0.6) is 0 Å². The van der Waals surface area contributed by atoms with Crippen molar-refractivity contribution in [2.75, 3.05) is 4.90 Å². The van der Waals surface area contributed by atoms with Gasteiger partial charge in [-0.05, 0) is 105 Å². The van der Waals surface area contributed by atoms with Gasteiger partial charge in [0.2, 0.25) is 0 Å². The zero-order valence-electron chi connectivity index (χ0n) is 27.3. The fourth-order valence-electron chi connectivity index (χ4n) is 7.93. The van der Waals surface area contributed by atoms with Crippen LogP contribution in [0.25, 0.3) is 65.7 Å². The Labute approximate surface area is 291 Å². The normalized spacial score (nSPS) is 15.2. The number of anilines is 2. The van der Waals surface area contributed by atoms with Gasteiger partial charge in [-0.25, -0.2) is 0 Å². The molecular formula is C48H31NO. The summed E-state index contributed by atoms with van der Waals surface area (Å²) in [6.07, 6.45) is 14.5. The van der Waals surface area contributed by atoms with E-state index in [4.69, 9.17) is 4.42 Å². The molecule has 0 saturated heterocycles. The molecule has 0 spiro atoms. The predicted molar refractivity (Wildman–Crippen MR) is 208 cm³/mol. The summed E-state index contributed by atoms with van der Waals surface area (Å²) in [6, 6.07) is 53.7. The molecule has 0 aliphatic heterocycles. The Bertz CT molecular complexity index is 2720. The third-order valence-electron chi connectivity index (χ3n) is 10.2. The van der Waals surface area contributed by atoms with Gasteiger partial charge in [0, 0.05) is 28.1 Å². The molecule has 0 amide bonds. The number of benzene rings is 6.